The van der Waals surface area contributed by atoms with E-state index in [1.807, 2.05) is 0 Å². The van der Waals surface area contributed by atoms with Crippen LogP contribution < -0.4 is 0 Å². The Hall–Kier alpha value is -6.64. The summed E-state index contributed by atoms with van der Waals surface area (Å²) in [6.45, 7) is 4.28. The number of rotatable bonds is 5. The molecule has 10 rings (SSSR count). The van der Waals surface area contributed by atoms with Crippen molar-refractivity contribution in [2.24, 2.45) is 4.99 Å². The molecule has 0 aliphatic heterocycles. The second kappa shape index (κ2) is 11.8. The predicted octanol–water partition coefficient (Wildman–Crippen LogP) is 13.2. The van der Waals surface area contributed by atoms with Gasteiger partial charge in [0.15, 0.2) is 0 Å². The number of fused-ring (bicyclic) bond motifs is 9. The first kappa shape index (κ1) is 29.3. The second-order valence-electron chi connectivity index (χ2n) is 13.4. The van der Waals surface area contributed by atoms with Gasteiger partial charge in [-0.1, -0.05) is 146 Å². The maximum Gasteiger partial charge on any atom is 0.0794 e. The van der Waals surface area contributed by atoms with Crippen LogP contribution >= 0.6 is 0 Å². The molecule has 0 spiro atoms. The first-order chi connectivity index (χ1) is 25.2. The van der Waals surface area contributed by atoms with E-state index >= 15 is 0 Å². The van der Waals surface area contributed by atoms with Crippen LogP contribution in [0.4, 0.5) is 0 Å². The van der Waals surface area contributed by atoms with E-state index < -0.39 is 0 Å². The number of nitrogens with zero attached hydrogens (tertiary/aromatic N) is 2. The quantitative estimate of drug-likeness (QED) is 0.135. The van der Waals surface area contributed by atoms with Gasteiger partial charge in [0.2, 0.25) is 0 Å². The van der Waals surface area contributed by atoms with Gasteiger partial charge in [-0.2, -0.15) is 0 Å². The molecule has 0 atom stereocenters. The molecule has 0 saturated heterocycles. The van der Waals surface area contributed by atoms with Crippen LogP contribution in [0.3, 0.4) is 0 Å². The molecule has 0 aliphatic rings. The van der Waals surface area contributed by atoms with Crippen LogP contribution in [0.2, 0.25) is 0 Å². The highest BCUT2D eigenvalue weighted by molar-refractivity contribution is 6.23. The summed E-state index contributed by atoms with van der Waals surface area (Å²) in [5, 5.41) is 13.4. The molecule has 0 saturated carbocycles. The molecule has 51 heavy (non-hydrogen) atoms. The summed E-state index contributed by atoms with van der Waals surface area (Å²) in [4.78, 5) is 9.58. The standard InChI is InChI=1S/C49H32N2/c1-50-30-31-22-24-32(25-23-31)48-29-46(44-27-34-13-3-5-15-36(34)38-17-7-9-19-40(38)44)47-28-45(41-20-10-11-21-42(41)49(47)51-48)43-26-33-12-2-4-14-35(33)37-16-6-8-18-39(37)43/h2-29H,1,30H2. The lowest BCUT2D eigenvalue weighted by molar-refractivity contribution is 1.08. The summed E-state index contributed by atoms with van der Waals surface area (Å²) >= 11 is 0. The van der Waals surface area contributed by atoms with Gasteiger partial charge in [-0.3, -0.25) is 4.99 Å². The van der Waals surface area contributed by atoms with E-state index in [1.165, 1.54) is 70.7 Å². The van der Waals surface area contributed by atoms with Crippen molar-refractivity contribution in [1.29, 1.82) is 0 Å². The molecule has 10 aromatic rings. The normalized spacial score (nSPS) is 11.7. The highest BCUT2D eigenvalue weighted by Crippen LogP contribution is 2.45. The van der Waals surface area contributed by atoms with E-state index in [9.17, 15) is 0 Å². The van der Waals surface area contributed by atoms with Gasteiger partial charge in [0, 0.05) is 16.3 Å². The Balaban J connectivity index is 1.36. The molecule has 9 aromatic carbocycles. The smallest absolute Gasteiger partial charge is 0.0794 e. The summed E-state index contributed by atoms with van der Waals surface area (Å²) in [5.74, 6) is 0. The third-order valence-electron chi connectivity index (χ3n) is 10.5. The maximum atomic E-state index is 5.49. The molecule has 2 nitrogen and oxygen atoms in total. The van der Waals surface area contributed by atoms with E-state index in [0.717, 1.165) is 33.1 Å². The Bertz CT molecular complexity index is 3010. The summed E-state index contributed by atoms with van der Waals surface area (Å²) in [5.41, 5.74) is 8.97. The van der Waals surface area contributed by atoms with Crippen molar-refractivity contribution < 1.29 is 0 Å². The van der Waals surface area contributed by atoms with Gasteiger partial charge in [-0.25, -0.2) is 4.98 Å². The average Bonchev–Trinajstić information content (AvgIpc) is 3.20. The predicted molar refractivity (Wildman–Crippen MR) is 219 cm³/mol. The lowest BCUT2D eigenvalue weighted by Crippen LogP contribution is -1.95. The Kier molecular flexibility index (Phi) is 6.75. The van der Waals surface area contributed by atoms with Crippen molar-refractivity contribution >= 4 is 71.5 Å². The van der Waals surface area contributed by atoms with Gasteiger partial charge in [0.05, 0.1) is 17.8 Å². The highest BCUT2D eigenvalue weighted by atomic mass is 14.7. The zero-order valence-electron chi connectivity index (χ0n) is 28.0. The van der Waals surface area contributed by atoms with Crippen LogP contribution in [0.5, 0.6) is 0 Å². The molecule has 0 N–H and O–H groups in total. The van der Waals surface area contributed by atoms with E-state index in [4.69, 9.17) is 4.98 Å². The van der Waals surface area contributed by atoms with Gasteiger partial charge in [-0.05, 0) is 107 Å². The minimum Gasteiger partial charge on any atom is -0.296 e. The molecule has 0 amide bonds. The lowest BCUT2D eigenvalue weighted by atomic mass is 9.86. The molecule has 1 heterocycles. The largest absolute Gasteiger partial charge is 0.296 e. The average molecular weight is 649 g/mol. The van der Waals surface area contributed by atoms with E-state index in [0.29, 0.717) is 6.54 Å². The number of aliphatic imine (C=N–C) groups is 1. The molecule has 0 fully saturated rings. The SMILES string of the molecule is C=NCc1ccc(-c2cc(-c3cc4ccccc4c4ccccc34)c3cc(-c4cc5ccccc5c5ccccc45)c4ccccc4c3n2)cc1. The summed E-state index contributed by atoms with van der Waals surface area (Å²) in [6.07, 6.45) is 0. The Labute approximate surface area is 296 Å². The van der Waals surface area contributed by atoms with Crippen LogP contribution in [0.15, 0.2) is 175 Å². The summed E-state index contributed by atoms with van der Waals surface area (Å²) in [6, 6.07) is 61.9. The van der Waals surface area contributed by atoms with Crippen molar-refractivity contribution in [3.63, 3.8) is 0 Å². The maximum absolute atomic E-state index is 5.49. The third kappa shape index (κ3) is 4.72. The van der Waals surface area contributed by atoms with Gasteiger partial charge in [-0.15, -0.1) is 0 Å². The first-order valence-corrected chi connectivity index (χ1v) is 17.5. The van der Waals surface area contributed by atoms with Crippen molar-refractivity contribution in [2.45, 2.75) is 6.54 Å². The van der Waals surface area contributed by atoms with Crippen molar-refractivity contribution in [3.05, 3.63) is 175 Å². The lowest BCUT2D eigenvalue weighted by Gasteiger charge is -2.19. The van der Waals surface area contributed by atoms with Crippen molar-refractivity contribution in [1.82, 2.24) is 4.98 Å². The Morgan fingerprint density at radius 2 is 0.824 bits per heavy atom. The number of benzene rings is 9. The zero-order chi connectivity index (χ0) is 33.9. The highest BCUT2D eigenvalue weighted by Gasteiger charge is 2.19. The first-order valence-electron chi connectivity index (χ1n) is 17.5. The van der Waals surface area contributed by atoms with Gasteiger partial charge < -0.3 is 0 Å². The molecule has 0 radical (unpaired) electrons. The molecule has 0 aliphatic carbocycles. The van der Waals surface area contributed by atoms with Crippen LogP contribution in [0, 0.1) is 0 Å². The van der Waals surface area contributed by atoms with E-state index in [1.54, 1.807) is 0 Å². The molecule has 1 aromatic heterocycles. The molecule has 0 bridgehead atoms. The fourth-order valence-corrected chi connectivity index (χ4v) is 8.11. The molecule has 2 heteroatoms. The molecule has 238 valence electrons. The fraction of sp³-hybridized carbons (Fsp3) is 0.0204. The Morgan fingerprint density at radius 3 is 1.37 bits per heavy atom. The van der Waals surface area contributed by atoms with Crippen LogP contribution in [0.25, 0.3) is 98.3 Å². The van der Waals surface area contributed by atoms with Crippen LogP contribution in [0.1, 0.15) is 5.56 Å². The third-order valence-corrected chi connectivity index (χ3v) is 10.5. The zero-order valence-corrected chi connectivity index (χ0v) is 28.0. The summed E-state index contributed by atoms with van der Waals surface area (Å²) in [7, 11) is 0. The fourth-order valence-electron chi connectivity index (χ4n) is 8.11. The van der Waals surface area contributed by atoms with E-state index in [2.05, 4.69) is 182 Å². The molecule has 0 unspecified atom stereocenters. The minimum atomic E-state index is 0.594. The summed E-state index contributed by atoms with van der Waals surface area (Å²) < 4.78 is 0. The molecular weight excluding hydrogens is 617 g/mol. The number of hydrogen-bond donors (Lipinski definition) is 0. The van der Waals surface area contributed by atoms with Gasteiger partial charge in [0.1, 0.15) is 0 Å². The minimum absolute atomic E-state index is 0.594. The van der Waals surface area contributed by atoms with Crippen molar-refractivity contribution in [3.8, 4) is 33.5 Å². The number of aromatic nitrogens is 1. The van der Waals surface area contributed by atoms with Gasteiger partial charge in [0.25, 0.3) is 0 Å². The second-order valence-corrected chi connectivity index (χ2v) is 13.4. The number of hydrogen-bond acceptors (Lipinski definition) is 2. The van der Waals surface area contributed by atoms with E-state index in [-0.39, 0.29) is 0 Å². The number of pyridine rings is 1. The Morgan fingerprint density at radius 1 is 0.392 bits per heavy atom. The monoisotopic (exact) mass is 648 g/mol. The van der Waals surface area contributed by atoms with Crippen molar-refractivity contribution in [2.75, 3.05) is 0 Å². The van der Waals surface area contributed by atoms with Gasteiger partial charge >= 0.3 is 0 Å². The molecular formula is C49H32N2. The van der Waals surface area contributed by atoms with Crippen LogP contribution in [-0.2, 0) is 6.54 Å². The van der Waals surface area contributed by atoms with Crippen LogP contribution in [-0.4, -0.2) is 11.7 Å². The topological polar surface area (TPSA) is 25.2 Å².